The fourth-order valence-corrected chi connectivity index (χ4v) is 2.73. The minimum absolute atomic E-state index is 0.0973. The largest absolute Gasteiger partial charge is 0.348 e. The van der Waals surface area contributed by atoms with Gasteiger partial charge >= 0.3 is 0 Å². The maximum absolute atomic E-state index is 13.2. The normalized spacial score (nSPS) is 13.4. The molecule has 0 saturated heterocycles. The van der Waals surface area contributed by atoms with E-state index in [4.69, 9.17) is 0 Å². The standard InChI is InChI=1S/C19H15FN4O3/c20-13-6-4-12(5-7-13)17-11-18(19(25)21-14-8-9-14)23(22-17)15-2-1-3-16(10-15)24(26)27/h1-7,10-11,14H,8-9H2,(H,21,25). The van der Waals surface area contributed by atoms with E-state index in [-0.39, 0.29) is 29.1 Å². The highest BCUT2D eigenvalue weighted by Gasteiger charge is 2.26. The van der Waals surface area contributed by atoms with E-state index >= 15 is 0 Å². The first-order valence-corrected chi connectivity index (χ1v) is 8.43. The van der Waals surface area contributed by atoms with Crippen molar-refractivity contribution in [1.29, 1.82) is 0 Å². The molecule has 0 spiro atoms. The topological polar surface area (TPSA) is 90.1 Å². The van der Waals surface area contributed by atoms with Crippen LogP contribution in [0.3, 0.4) is 0 Å². The van der Waals surface area contributed by atoms with Crippen LogP contribution >= 0.6 is 0 Å². The lowest BCUT2D eigenvalue weighted by Crippen LogP contribution is -2.27. The van der Waals surface area contributed by atoms with Crippen LogP contribution in [0.1, 0.15) is 23.3 Å². The Balaban J connectivity index is 1.80. The number of hydrogen-bond acceptors (Lipinski definition) is 4. The molecule has 1 amide bonds. The van der Waals surface area contributed by atoms with E-state index in [1.807, 2.05) is 0 Å². The van der Waals surface area contributed by atoms with Crippen molar-refractivity contribution in [3.05, 3.63) is 76.2 Å². The molecule has 0 atom stereocenters. The molecule has 0 bridgehead atoms. The molecule has 2 aromatic carbocycles. The number of benzene rings is 2. The Morgan fingerprint density at radius 1 is 1.19 bits per heavy atom. The molecule has 0 aliphatic heterocycles. The Morgan fingerprint density at radius 3 is 2.59 bits per heavy atom. The molecule has 1 aliphatic rings. The van der Waals surface area contributed by atoms with E-state index in [0.29, 0.717) is 16.9 Å². The summed E-state index contributed by atoms with van der Waals surface area (Å²) < 4.78 is 14.6. The molecule has 8 heteroatoms. The first-order chi connectivity index (χ1) is 13.0. The lowest BCUT2D eigenvalue weighted by molar-refractivity contribution is -0.384. The number of amides is 1. The fraction of sp³-hybridized carbons (Fsp3) is 0.158. The molecule has 0 unspecified atom stereocenters. The van der Waals surface area contributed by atoms with Gasteiger partial charge in [-0.05, 0) is 49.2 Å². The zero-order valence-corrected chi connectivity index (χ0v) is 14.1. The molecule has 7 nitrogen and oxygen atoms in total. The summed E-state index contributed by atoms with van der Waals surface area (Å²) in [6.07, 6.45) is 1.86. The lowest BCUT2D eigenvalue weighted by Gasteiger charge is -2.07. The van der Waals surface area contributed by atoms with Crippen LogP contribution < -0.4 is 5.32 Å². The van der Waals surface area contributed by atoms with Crippen LogP contribution in [0, 0.1) is 15.9 Å². The van der Waals surface area contributed by atoms with Gasteiger partial charge < -0.3 is 5.32 Å². The number of nitrogens with one attached hydrogen (secondary N) is 1. The molecule has 3 aromatic rings. The predicted molar refractivity (Wildman–Crippen MR) is 96.1 cm³/mol. The SMILES string of the molecule is O=C(NC1CC1)c1cc(-c2ccc(F)cc2)nn1-c1cccc([N+](=O)[O-])c1. The van der Waals surface area contributed by atoms with E-state index in [1.54, 1.807) is 24.3 Å². The summed E-state index contributed by atoms with van der Waals surface area (Å²) in [7, 11) is 0. The van der Waals surface area contributed by atoms with Gasteiger partial charge in [-0.15, -0.1) is 0 Å². The number of nitrogens with zero attached hydrogens (tertiary/aromatic N) is 3. The Morgan fingerprint density at radius 2 is 1.93 bits per heavy atom. The van der Waals surface area contributed by atoms with Gasteiger partial charge in [0.1, 0.15) is 11.5 Å². The zero-order valence-electron chi connectivity index (χ0n) is 14.1. The van der Waals surface area contributed by atoms with E-state index in [1.165, 1.54) is 35.0 Å². The highest BCUT2D eigenvalue weighted by Crippen LogP contribution is 2.25. The molecule has 1 fully saturated rings. The summed E-state index contributed by atoms with van der Waals surface area (Å²) in [5.41, 5.74) is 1.68. The van der Waals surface area contributed by atoms with Gasteiger partial charge in [-0.2, -0.15) is 5.10 Å². The second-order valence-corrected chi connectivity index (χ2v) is 6.36. The molecule has 1 aliphatic carbocycles. The Hall–Kier alpha value is -3.55. The van der Waals surface area contributed by atoms with Crippen molar-refractivity contribution >= 4 is 11.6 Å². The third-order valence-corrected chi connectivity index (χ3v) is 4.28. The van der Waals surface area contributed by atoms with Gasteiger partial charge in [-0.3, -0.25) is 14.9 Å². The number of nitro benzene ring substituents is 1. The summed E-state index contributed by atoms with van der Waals surface area (Å²) in [5, 5.41) is 18.4. The quantitative estimate of drug-likeness (QED) is 0.553. The van der Waals surface area contributed by atoms with Crippen molar-refractivity contribution in [2.45, 2.75) is 18.9 Å². The highest BCUT2D eigenvalue weighted by molar-refractivity contribution is 5.94. The number of carbonyl (C=O) groups is 1. The maximum atomic E-state index is 13.2. The van der Waals surface area contributed by atoms with Crippen LogP contribution in [-0.4, -0.2) is 26.7 Å². The summed E-state index contributed by atoms with van der Waals surface area (Å²) in [4.78, 5) is 23.2. The van der Waals surface area contributed by atoms with Crippen molar-refractivity contribution in [3.63, 3.8) is 0 Å². The number of rotatable bonds is 5. The summed E-state index contributed by atoms with van der Waals surface area (Å²) in [5.74, 6) is -0.673. The van der Waals surface area contributed by atoms with Crippen molar-refractivity contribution in [3.8, 4) is 16.9 Å². The molecular weight excluding hydrogens is 351 g/mol. The van der Waals surface area contributed by atoms with Crippen molar-refractivity contribution < 1.29 is 14.1 Å². The first kappa shape index (κ1) is 16.9. The molecule has 1 aromatic heterocycles. The summed E-state index contributed by atoms with van der Waals surface area (Å²) >= 11 is 0. The van der Waals surface area contributed by atoms with Gasteiger partial charge in [0.25, 0.3) is 11.6 Å². The van der Waals surface area contributed by atoms with Gasteiger partial charge in [0.05, 0.1) is 16.3 Å². The minimum atomic E-state index is -0.502. The molecule has 4 rings (SSSR count). The van der Waals surface area contributed by atoms with Gasteiger partial charge in [-0.1, -0.05) is 6.07 Å². The average molecular weight is 366 g/mol. The van der Waals surface area contributed by atoms with Crippen LogP contribution in [0.4, 0.5) is 10.1 Å². The van der Waals surface area contributed by atoms with E-state index < -0.39 is 4.92 Å². The summed E-state index contributed by atoms with van der Waals surface area (Å²) in [6, 6.07) is 13.4. The van der Waals surface area contributed by atoms with Gasteiger partial charge in [0.15, 0.2) is 0 Å². The molecule has 136 valence electrons. The van der Waals surface area contributed by atoms with Gasteiger partial charge in [0, 0.05) is 23.7 Å². The Kier molecular flexibility index (Phi) is 4.15. The molecule has 27 heavy (non-hydrogen) atoms. The summed E-state index contributed by atoms with van der Waals surface area (Å²) in [6.45, 7) is 0. The molecular formula is C19H15FN4O3. The van der Waals surface area contributed by atoms with Crippen LogP contribution in [0.15, 0.2) is 54.6 Å². The monoisotopic (exact) mass is 366 g/mol. The van der Waals surface area contributed by atoms with Crippen molar-refractivity contribution in [2.75, 3.05) is 0 Å². The third-order valence-electron chi connectivity index (χ3n) is 4.28. The van der Waals surface area contributed by atoms with E-state index in [9.17, 15) is 19.3 Å². The average Bonchev–Trinajstić information content (AvgIpc) is 3.36. The molecule has 1 heterocycles. The first-order valence-electron chi connectivity index (χ1n) is 8.43. The highest BCUT2D eigenvalue weighted by atomic mass is 19.1. The number of non-ortho nitro benzene ring substituents is 1. The Bertz CT molecular complexity index is 1030. The van der Waals surface area contributed by atoms with E-state index in [2.05, 4.69) is 10.4 Å². The second kappa shape index (κ2) is 6.64. The van der Waals surface area contributed by atoms with Gasteiger partial charge in [0.2, 0.25) is 0 Å². The van der Waals surface area contributed by atoms with E-state index in [0.717, 1.165) is 12.8 Å². The number of aromatic nitrogens is 2. The smallest absolute Gasteiger partial charge is 0.271 e. The molecule has 1 saturated carbocycles. The van der Waals surface area contributed by atoms with Crippen LogP contribution in [-0.2, 0) is 0 Å². The molecule has 1 N–H and O–H groups in total. The Labute approximate surface area is 153 Å². The van der Waals surface area contributed by atoms with Crippen LogP contribution in [0.5, 0.6) is 0 Å². The maximum Gasteiger partial charge on any atom is 0.271 e. The number of nitro groups is 1. The lowest BCUT2D eigenvalue weighted by atomic mass is 10.1. The number of carbonyl (C=O) groups excluding carboxylic acids is 1. The minimum Gasteiger partial charge on any atom is -0.348 e. The van der Waals surface area contributed by atoms with Crippen LogP contribution in [0.2, 0.25) is 0 Å². The fourth-order valence-electron chi connectivity index (χ4n) is 2.73. The molecule has 0 radical (unpaired) electrons. The van der Waals surface area contributed by atoms with Crippen molar-refractivity contribution in [1.82, 2.24) is 15.1 Å². The third kappa shape index (κ3) is 3.55. The zero-order chi connectivity index (χ0) is 19.0. The van der Waals surface area contributed by atoms with Crippen molar-refractivity contribution in [2.24, 2.45) is 0 Å². The predicted octanol–water partition coefficient (Wildman–Crippen LogP) is 3.48. The van der Waals surface area contributed by atoms with Crippen LogP contribution in [0.25, 0.3) is 16.9 Å². The number of halogens is 1. The second-order valence-electron chi connectivity index (χ2n) is 6.36. The number of hydrogen-bond donors (Lipinski definition) is 1. The van der Waals surface area contributed by atoms with Gasteiger partial charge in [-0.25, -0.2) is 9.07 Å².